The Kier molecular flexibility index (Phi) is 2.56. The Morgan fingerprint density at radius 1 is 1.00 bits per heavy atom. The second-order valence-corrected chi connectivity index (χ2v) is 5.06. The van der Waals surface area contributed by atoms with Crippen molar-refractivity contribution in [3.05, 3.63) is 47.0 Å². The standard InChI is InChI=1S/C16H16N2O/c1-9-6-11(3)15-13(7-9)17-16(18-15)12-4-5-14(19)10(2)8-12/h4-8,19H,1-3H3,(H,17,18). The molecule has 2 aromatic carbocycles. The van der Waals surface area contributed by atoms with Crippen molar-refractivity contribution in [2.24, 2.45) is 0 Å². The average molecular weight is 252 g/mol. The van der Waals surface area contributed by atoms with Crippen LogP contribution >= 0.6 is 0 Å². The van der Waals surface area contributed by atoms with Crippen molar-refractivity contribution < 1.29 is 5.11 Å². The topological polar surface area (TPSA) is 48.9 Å². The maximum absolute atomic E-state index is 9.58. The van der Waals surface area contributed by atoms with Crippen LogP contribution in [0.2, 0.25) is 0 Å². The highest BCUT2D eigenvalue weighted by molar-refractivity contribution is 5.83. The van der Waals surface area contributed by atoms with E-state index < -0.39 is 0 Å². The van der Waals surface area contributed by atoms with Gasteiger partial charge < -0.3 is 10.1 Å². The van der Waals surface area contributed by atoms with Crippen molar-refractivity contribution in [2.75, 3.05) is 0 Å². The van der Waals surface area contributed by atoms with Gasteiger partial charge in [-0.25, -0.2) is 4.98 Å². The summed E-state index contributed by atoms with van der Waals surface area (Å²) in [7, 11) is 0. The molecule has 2 N–H and O–H groups in total. The van der Waals surface area contributed by atoms with E-state index in [0.717, 1.165) is 28.0 Å². The van der Waals surface area contributed by atoms with Gasteiger partial charge in [-0.2, -0.15) is 0 Å². The Hall–Kier alpha value is -2.29. The number of benzene rings is 2. The molecule has 0 aliphatic rings. The number of aromatic nitrogens is 2. The summed E-state index contributed by atoms with van der Waals surface area (Å²) in [5.41, 5.74) is 6.30. The molecule has 1 aromatic heterocycles. The number of H-pyrrole nitrogens is 1. The van der Waals surface area contributed by atoms with Crippen LogP contribution < -0.4 is 0 Å². The molecule has 0 fully saturated rings. The minimum Gasteiger partial charge on any atom is -0.508 e. The van der Waals surface area contributed by atoms with E-state index in [1.54, 1.807) is 6.07 Å². The fourth-order valence-electron chi connectivity index (χ4n) is 2.41. The Labute approximate surface area is 111 Å². The van der Waals surface area contributed by atoms with Crippen LogP contribution in [0.25, 0.3) is 22.4 Å². The van der Waals surface area contributed by atoms with E-state index >= 15 is 0 Å². The first-order chi connectivity index (χ1) is 9.04. The summed E-state index contributed by atoms with van der Waals surface area (Å²) in [5, 5.41) is 9.58. The van der Waals surface area contributed by atoms with Crippen molar-refractivity contribution >= 4 is 11.0 Å². The van der Waals surface area contributed by atoms with Crippen LogP contribution in [0.4, 0.5) is 0 Å². The zero-order chi connectivity index (χ0) is 13.6. The SMILES string of the molecule is Cc1cc(C)c2nc(-c3ccc(O)c(C)c3)[nH]c2c1. The van der Waals surface area contributed by atoms with Gasteiger partial charge in [-0.3, -0.25) is 0 Å². The van der Waals surface area contributed by atoms with Crippen LogP contribution in [-0.4, -0.2) is 15.1 Å². The summed E-state index contributed by atoms with van der Waals surface area (Å²) in [6.45, 7) is 6.04. The van der Waals surface area contributed by atoms with Gasteiger partial charge in [0.25, 0.3) is 0 Å². The molecular formula is C16H16N2O. The minimum absolute atomic E-state index is 0.312. The molecule has 3 aromatic rings. The van der Waals surface area contributed by atoms with E-state index in [9.17, 15) is 5.11 Å². The van der Waals surface area contributed by atoms with E-state index in [4.69, 9.17) is 0 Å². The van der Waals surface area contributed by atoms with Crippen molar-refractivity contribution in [3.63, 3.8) is 0 Å². The first kappa shape index (κ1) is 11.8. The molecule has 0 amide bonds. The van der Waals surface area contributed by atoms with Crippen molar-refractivity contribution in [2.45, 2.75) is 20.8 Å². The van der Waals surface area contributed by atoms with Crippen LogP contribution in [-0.2, 0) is 0 Å². The van der Waals surface area contributed by atoms with E-state index in [-0.39, 0.29) is 0 Å². The highest BCUT2D eigenvalue weighted by Crippen LogP contribution is 2.26. The van der Waals surface area contributed by atoms with Gasteiger partial charge in [0.2, 0.25) is 0 Å². The molecule has 0 bridgehead atoms. The van der Waals surface area contributed by atoms with Gasteiger partial charge in [0, 0.05) is 5.56 Å². The summed E-state index contributed by atoms with van der Waals surface area (Å²) in [4.78, 5) is 8.00. The van der Waals surface area contributed by atoms with Gasteiger partial charge in [-0.15, -0.1) is 0 Å². The summed E-state index contributed by atoms with van der Waals surface area (Å²) in [5.74, 6) is 1.15. The lowest BCUT2D eigenvalue weighted by Gasteiger charge is -2.01. The van der Waals surface area contributed by atoms with Crippen molar-refractivity contribution in [1.29, 1.82) is 0 Å². The number of aromatic amines is 1. The van der Waals surface area contributed by atoms with Gasteiger partial charge in [-0.05, 0) is 61.7 Å². The number of aromatic hydroxyl groups is 1. The number of phenols is 1. The number of fused-ring (bicyclic) bond motifs is 1. The zero-order valence-corrected chi connectivity index (χ0v) is 11.3. The molecule has 0 aliphatic carbocycles. The third kappa shape index (κ3) is 1.97. The average Bonchev–Trinajstić information content (AvgIpc) is 2.76. The first-order valence-electron chi connectivity index (χ1n) is 6.31. The summed E-state index contributed by atoms with van der Waals surface area (Å²) < 4.78 is 0. The molecule has 0 radical (unpaired) electrons. The molecule has 3 rings (SSSR count). The predicted octanol–water partition coefficient (Wildman–Crippen LogP) is 3.86. The molecule has 1 heterocycles. The number of nitrogens with zero attached hydrogens (tertiary/aromatic N) is 1. The third-order valence-corrected chi connectivity index (χ3v) is 3.39. The van der Waals surface area contributed by atoms with Gasteiger partial charge in [0.15, 0.2) is 0 Å². The second kappa shape index (κ2) is 4.12. The lowest BCUT2D eigenvalue weighted by atomic mass is 10.1. The first-order valence-corrected chi connectivity index (χ1v) is 6.31. The number of rotatable bonds is 1. The molecule has 0 atom stereocenters. The predicted molar refractivity (Wildman–Crippen MR) is 77.4 cm³/mol. The minimum atomic E-state index is 0.312. The fraction of sp³-hybridized carbons (Fsp3) is 0.188. The molecular weight excluding hydrogens is 236 g/mol. The lowest BCUT2D eigenvalue weighted by Crippen LogP contribution is -1.82. The normalized spacial score (nSPS) is 11.1. The number of hydrogen-bond acceptors (Lipinski definition) is 2. The molecule has 0 spiro atoms. The summed E-state index contributed by atoms with van der Waals surface area (Å²) in [6.07, 6.45) is 0. The Morgan fingerprint density at radius 2 is 1.79 bits per heavy atom. The van der Waals surface area contributed by atoms with Gasteiger partial charge in [-0.1, -0.05) is 6.07 Å². The molecule has 3 nitrogen and oxygen atoms in total. The molecule has 0 unspecified atom stereocenters. The largest absolute Gasteiger partial charge is 0.508 e. The number of hydrogen-bond donors (Lipinski definition) is 2. The molecule has 0 saturated carbocycles. The third-order valence-electron chi connectivity index (χ3n) is 3.39. The molecule has 0 aliphatic heterocycles. The Morgan fingerprint density at radius 3 is 2.53 bits per heavy atom. The quantitative estimate of drug-likeness (QED) is 0.691. The fourth-order valence-corrected chi connectivity index (χ4v) is 2.41. The van der Waals surface area contributed by atoms with E-state index in [0.29, 0.717) is 5.75 Å². The maximum Gasteiger partial charge on any atom is 0.138 e. The lowest BCUT2D eigenvalue weighted by molar-refractivity contribution is 0.471. The van der Waals surface area contributed by atoms with E-state index in [1.165, 1.54) is 11.1 Å². The summed E-state index contributed by atoms with van der Waals surface area (Å²) in [6, 6.07) is 9.76. The van der Waals surface area contributed by atoms with Crippen LogP contribution in [0.3, 0.4) is 0 Å². The van der Waals surface area contributed by atoms with Crippen molar-refractivity contribution in [1.82, 2.24) is 9.97 Å². The highest BCUT2D eigenvalue weighted by atomic mass is 16.3. The Balaban J connectivity index is 2.20. The smallest absolute Gasteiger partial charge is 0.138 e. The van der Waals surface area contributed by atoms with Crippen LogP contribution in [0.5, 0.6) is 5.75 Å². The molecule has 19 heavy (non-hydrogen) atoms. The number of imidazole rings is 1. The second-order valence-electron chi connectivity index (χ2n) is 5.06. The van der Waals surface area contributed by atoms with E-state index in [2.05, 4.69) is 35.9 Å². The van der Waals surface area contributed by atoms with Gasteiger partial charge in [0.05, 0.1) is 11.0 Å². The van der Waals surface area contributed by atoms with Crippen LogP contribution in [0.15, 0.2) is 30.3 Å². The highest BCUT2D eigenvalue weighted by Gasteiger charge is 2.09. The molecule has 3 heteroatoms. The number of nitrogens with one attached hydrogen (secondary N) is 1. The van der Waals surface area contributed by atoms with Crippen LogP contribution in [0.1, 0.15) is 16.7 Å². The van der Waals surface area contributed by atoms with Gasteiger partial charge in [0.1, 0.15) is 11.6 Å². The van der Waals surface area contributed by atoms with Crippen molar-refractivity contribution in [3.8, 4) is 17.1 Å². The molecule has 0 saturated heterocycles. The maximum atomic E-state index is 9.58. The molecule has 96 valence electrons. The monoisotopic (exact) mass is 252 g/mol. The Bertz CT molecular complexity index is 772. The van der Waals surface area contributed by atoms with E-state index in [1.807, 2.05) is 19.1 Å². The number of phenolic OH excluding ortho intramolecular Hbond substituents is 1. The zero-order valence-electron chi connectivity index (χ0n) is 11.3. The van der Waals surface area contributed by atoms with Crippen LogP contribution in [0, 0.1) is 20.8 Å². The summed E-state index contributed by atoms with van der Waals surface area (Å²) >= 11 is 0. The van der Waals surface area contributed by atoms with Gasteiger partial charge >= 0.3 is 0 Å². The number of aryl methyl sites for hydroxylation is 3.